The van der Waals surface area contributed by atoms with Gasteiger partial charge in [0.1, 0.15) is 5.65 Å². The molecule has 0 spiro atoms. The fourth-order valence-electron chi connectivity index (χ4n) is 1.82. The average molecular weight is 239 g/mol. The number of nitrogens with zero attached hydrogens (tertiary/aromatic N) is 2. The Morgan fingerprint density at radius 3 is 2.89 bits per heavy atom. The van der Waals surface area contributed by atoms with E-state index in [1.54, 1.807) is 24.5 Å². The molecule has 0 radical (unpaired) electrons. The standard InChI is InChI=1S/C13H9N3O2/c17-11-4-3-8(6-15-11)12(18)10-7-16-13-9(10)2-1-5-14-13/h1-7H,(H,14,16)(H,15,17). The average Bonchev–Trinajstić information content (AvgIpc) is 2.82. The number of pyridine rings is 2. The molecule has 0 amide bonds. The van der Waals surface area contributed by atoms with Crippen molar-refractivity contribution >= 4 is 16.8 Å². The van der Waals surface area contributed by atoms with Crippen LogP contribution in [0.25, 0.3) is 11.0 Å². The van der Waals surface area contributed by atoms with Gasteiger partial charge in [-0.05, 0) is 18.2 Å². The zero-order chi connectivity index (χ0) is 12.5. The third-order valence-corrected chi connectivity index (χ3v) is 2.71. The van der Waals surface area contributed by atoms with Gasteiger partial charge < -0.3 is 10.1 Å². The second kappa shape index (κ2) is 3.96. The fraction of sp³-hybridized carbons (Fsp3) is 0. The third kappa shape index (κ3) is 1.62. The molecule has 3 aromatic rings. The number of hydrogen-bond acceptors (Lipinski definition) is 4. The first-order chi connectivity index (χ1) is 8.75. The molecule has 3 rings (SSSR count). The number of H-pyrrole nitrogens is 1. The minimum atomic E-state index is -0.151. The molecular weight excluding hydrogens is 230 g/mol. The number of hydrogen-bond donors (Lipinski definition) is 2. The van der Waals surface area contributed by atoms with E-state index in [-0.39, 0.29) is 11.7 Å². The Labute approximate surface area is 102 Å². The summed E-state index contributed by atoms with van der Waals surface area (Å²) in [5.41, 5.74) is 1.65. The highest BCUT2D eigenvalue weighted by molar-refractivity contribution is 6.15. The van der Waals surface area contributed by atoms with E-state index in [1.807, 2.05) is 6.07 Å². The van der Waals surface area contributed by atoms with Gasteiger partial charge in [-0.25, -0.2) is 9.97 Å². The molecule has 0 bridgehead atoms. The fourth-order valence-corrected chi connectivity index (χ4v) is 1.82. The van der Waals surface area contributed by atoms with Crippen molar-refractivity contribution in [3.8, 4) is 5.88 Å². The molecule has 0 fully saturated rings. The Morgan fingerprint density at radius 1 is 1.22 bits per heavy atom. The van der Waals surface area contributed by atoms with E-state index < -0.39 is 0 Å². The molecule has 18 heavy (non-hydrogen) atoms. The van der Waals surface area contributed by atoms with Crippen molar-refractivity contribution in [3.05, 3.63) is 54.0 Å². The predicted octanol–water partition coefficient (Wildman–Crippen LogP) is 1.89. The molecule has 0 saturated heterocycles. The molecule has 0 aliphatic rings. The van der Waals surface area contributed by atoms with E-state index in [1.165, 1.54) is 12.3 Å². The topological polar surface area (TPSA) is 78.9 Å². The maximum Gasteiger partial charge on any atom is 0.210 e. The highest BCUT2D eigenvalue weighted by atomic mass is 16.3. The molecule has 2 N–H and O–H groups in total. The number of nitrogens with one attached hydrogen (secondary N) is 1. The van der Waals surface area contributed by atoms with Crippen LogP contribution in [0.3, 0.4) is 0 Å². The third-order valence-electron chi connectivity index (χ3n) is 2.71. The summed E-state index contributed by atoms with van der Waals surface area (Å²) in [7, 11) is 0. The largest absolute Gasteiger partial charge is 0.493 e. The number of aromatic nitrogens is 3. The Kier molecular flexibility index (Phi) is 2.30. The van der Waals surface area contributed by atoms with Crippen molar-refractivity contribution in [2.24, 2.45) is 0 Å². The van der Waals surface area contributed by atoms with Crippen LogP contribution in [0.5, 0.6) is 5.88 Å². The van der Waals surface area contributed by atoms with Crippen LogP contribution in [0.2, 0.25) is 0 Å². The molecule has 0 atom stereocenters. The number of aromatic amines is 1. The first kappa shape index (κ1) is 10.5. The number of fused-ring (bicyclic) bond motifs is 1. The van der Waals surface area contributed by atoms with Crippen LogP contribution in [0.4, 0.5) is 0 Å². The van der Waals surface area contributed by atoms with E-state index >= 15 is 0 Å². The lowest BCUT2D eigenvalue weighted by Gasteiger charge is -1.99. The molecule has 88 valence electrons. The molecule has 0 aromatic carbocycles. The summed E-state index contributed by atoms with van der Waals surface area (Å²) in [6.45, 7) is 0. The van der Waals surface area contributed by atoms with Crippen LogP contribution in [0.15, 0.2) is 42.9 Å². The quantitative estimate of drug-likeness (QED) is 0.669. The van der Waals surface area contributed by atoms with Crippen molar-refractivity contribution in [3.63, 3.8) is 0 Å². The van der Waals surface area contributed by atoms with Gasteiger partial charge in [0.2, 0.25) is 5.88 Å². The summed E-state index contributed by atoms with van der Waals surface area (Å²) in [5.74, 6) is -0.256. The van der Waals surface area contributed by atoms with E-state index in [9.17, 15) is 4.79 Å². The van der Waals surface area contributed by atoms with Crippen LogP contribution >= 0.6 is 0 Å². The number of carbonyl (C=O) groups excluding carboxylic acids is 1. The maximum atomic E-state index is 12.3. The molecule has 0 unspecified atom stereocenters. The maximum absolute atomic E-state index is 12.3. The number of carbonyl (C=O) groups is 1. The minimum Gasteiger partial charge on any atom is -0.493 e. The molecular formula is C13H9N3O2. The molecule has 5 heteroatoms. The minimum absolute atomic E-state index is 0.104. The molecule has 0 saturated carbocycles. The zero-order valence-electron chi connectivity index (χ0n) is 9.29. The molecule has 0 aliphatic heterocycles. The SMILES string of the molecule is O=C(c1ccc(O)nc1)c1c[nH]c2ncccc12. The van der Waals surface area contributed by atoms with E-state index in [2.05, 4.69) is 15.0 Å². The molecule has 3 aromatic heterocycles. The van der Waals surface area contributed by atoms with Gasteiger partial charge in [-0.15, -0.1) is 0 Å². The van der Waals surface area contributed by atoms with Gasteiger partial charge in [-0.3, -0.25) is 4.79 Å². The van der Waals surface area contributed by atoms with Crippen LogP contribution in [0, 0.1) is 0 Å². The van der Waals surface area contributed by atoms with Crippen molar-refractivity contribution in [2.75, 3.05) is 0 Å². The van der Waals surface area contributed by atoms with Crippen LogP contribution in [0.1, 0.15) is 15.9 Å². The second-order valence-electron chi connectivity index (χ2n) is 3.84. The first-order valence-corrected chi connectivity index (χ1v) is 5.37. The number of rotatable bonds is 2. The Morgan fingerprint density at radius 2 is 2.11 bits per heavy atom. The summed E-state index contributed by atoms with van der Waals surface area (Å²) < 4.78 is 0. The highest BCUT2D eigenvalue weighted by Crippen LogP contribution is 2.19. The van der Waals surface area contributed by atoms with Crippen LogP contribution < -0.4 is 0 Å². The summed E-state index contributed by atoms with van der Waals surface area (Å²) in [4.78, 5) is 23.0. The summed E-state index contributed by atoms with van der Waals surface area (Å²) >= 11 is 0. The smallest absolute Gasteiger partial charge is 0.210 e. The Hall–Kier alpha value is -2.69. The van der Waals surface area contributed by atoms with Crippen molar-refractivity contribution in [2.45, 2.75) is 0 Å². The zero-order valence-corrected chi connectivity index (χ0v) is 9.29. The summed E-state index contributed by atoms with van der Waals surface area (Å²) in [6.07, 6.45) is 4.65. The molecule has 0 aliphatic carbocycles. The monoisotopic (exact) mass is 239 g/mol. The summed E-state index contributed by atoms with van der Waals surface area (Å²) in [6, 6.07) is 6.54. The Bertz CT molecular complexity index is 716. The lowest BCUT2D eigenvalue weighted by molar-refractivity contribution is 0.104. The van der Waals surface area contributed by atoms with Gasteiger partial charge in [-0.1, -0.05) is 0 Å². The van der Waals surface area contributed by atoms with Gasteiger partial charge in [0, 0.05) is 41.2 Å². The van der Waals surface area contributed by atoms with Gasteiger partial charge in [0.25, 0.3) is 0 Å². The number of aromatic hydroxyl groups is 1. The molecule has 5 nitrogen and oxygen atoms in total. The van der Waals surface area contributed by atoms with Gasteiger partial charge in [0.15, 0.2) is 5.78 Å². The van der Waals surface area contributed by atoms with Crippen molar-refractivity contribution < 1.29 is 9.90 Å². The van der Waals surface area contributed by atoms with Gasteiger partial charge >= 0.3 is 0 Å². The van der Waals surface area contributed by atoms with Gasteiger partial charge in [0.05, 0.1) is 0 Å². The van der Waals surface area contributed by atoms with E-state index in [0.717, 1.165) is 5.39 Å². The molecule has 3 heterocycles. The van der Waals surface area contributed by atoms with Gasteiger partial charge in [-0.2, -0.15) is 0 Å². The van der Waals surface area contributed by atoms with Crippen LogP contribution in [-0.2, 0) is 0 Å². The highest BCUT2D eigenvalue weighted by Gasteiger charge is 2.14. The normalized spacial score (nSPS) is 10.7. The Balaban J connectivity index is 2.09. The first-order valence-electron chi connectivity index (χ1n) is 5.37. The van der Waals surface area contributed by atoms with Crippen LogP contribution in [-0.4, -0.2) is 25.8 Å². The van der Waals surface area contributed by atoms with Crippen molar-refractivity contribution in [1.82, 2.24) is 15.0 Å². The number of ketones is 1. The van der Waals surface area contributed by atoms with Crippen molar-refractivity contribution in [1.29, 1.82) is 0 Å². The summed E-state index contributed by atoms with van der Waals surface area (Å²) in [5, 5.41) is 9.88. The lowest BCUT2D eigenvalue weighted by atomic mass is 10.1. The lowest BCUT2D eigenvalue weighted by Crippen LogP contribution is -2.00. The predicted molar refractivity (Wildman–Crippen MR) is 65.4 cm³/mol. The van der Waals surface area contributed by atoms with E-state index in [4.69, 9.17) is 5.11 Å². The second-order valence-corrected chi connectivity index (χ2v) is 3.84. The van der Waals surface area contributed by atoms with E-state index in [0.29, 0.717) is 16.8 Å².